The van der Waals surface area contributed by atoms with E-state index in [-0.39, 0.29) is 0 Å². The fraction of sp³-hybridized carbons (Fsp3) is 0.900. The highest BCUT2D eigenvalue weighted by Gasteiger charge is 2.51. The zero-order valence-corrected chi connectivity index (χ0v) is 6.75. The first-order chi connectivity index (χ1) is 5.36. The molecule has 0 saturated heterocycles. The summed E-state index contributed by atoms with van der Waals surface area (Å²) < 4.78 is 0. The first-order valence-electron chi connectivity index (χ1n) is 4.89. The molecule has 1 heteroatoms. The van der Waals surface area contributed by atoms with Crippen molar-refractivity contribution in [1.29, 1.82) is 0 Å². The number of hydrogen-bond donors (Lipinski definition) is 0. The lowest BCUT2D eigenvalue weighted by Gasteiger charge is -2.54. The van der Waals surface area contributed by atoms with Crippen LogP contribution in [0.2, 0.25) is 0 Å². The van der Waals surface area contributed by atoms with E-state index < -0.39 is 0 Å². The predicted octanol–water partition coefficient (Wildman–Crippen LogP) is 2.01. The molecule has 4 aliphatic carbocycles. The molecule has 0 aromatic heterocycles. The van der Waals surface area contributed by atoms with Crippen LogP contribution in [-0.2, 0) is 4.79 Å². The minimum absolute atomic E-state index is 0.513. The molecule has 0 N–H and O–H groups in total. The zero-order chi connectivity index (χ0) is 7.42. The highest BCUT2D eigenvalue weighted by atomic mass is 16.1. The topological polar surface area (TPSA) is 17.1 Å². The van der Waals surface area contributed by atoms with Gasteiger partial charge in [-0.3, -0.25) is 4.79 Å². The minimum atomic E-state index is 0.513. The molecule has 0 heterocycles. The molecular weight excluding hydrogens is 136 g/mol. The summed E-state index contributed by atoms with van der Waals surface area (Å²) in [7, 11) is 0. The van der Waals surface area contributed by atoms with Crippen molar-refractivity contribution < 1.29 is 4.79 Å². The third kappa shape index (κ3) is 0.646. The number of carbonyl (C=O) groups excluding carboxylic acids is 1. The molecule has 4 atom stereocenters. The summed E-state index contributed by atoms with van der Waals surface area (Å²) in [6.07, 6.45) is 6.31. The van der Waals surface area contributed by atoms with Gasteiger partial charge in [0.05, 0.1) is 0 Å². The van der Waals surface area contributed by atoms with Crippen LogP contribution in [-0.4, -0.2) is 5.78 Å². The van der Waals surface area contributed by atoms with Crippen molar-refractivity contribution in [1.82, 2.24) is 0 Å². The van der Waals surface area contributed by atoms with Crippen molar-refractivity contribution in [2.75, 3.05) is 0 Å². The van der Waals surface area contributed by atoms with Gasteiger partial charge in [-0.25, -0.2) is 0 Å². The predicted molar refractivity (Wildman–Crippen MR) is 42.1 cm³/mol. The monoisotopic (exact) mass is 150 g/mol. The standard InChI is InChI=1S/C10H14O/c11-10-5-6-1-2-9(10)8-4-3-7(6)8/h6-9H,1-5H2/t6-,7-,8-,9-/m1/s1. The van der Waals surface area contributed by atoms with Crippen LogP contribution in [0.25, 0.3) is 0 Å². The smallest absolute Gasteiger partial charge is 0.136 e. The molecule has 4 fully saturated rings. The Kier molecular flexibility index (Phi) is 1.06. The average molecular weight is 150 g/mol. The second-order valence-electron chi connectivity index (χ2n) is 4.52. The van der Waals surface area contributed by atoms with Gasteiger partial charge in [0.1, 0.15) is 5.78 Å². The lowest BCUT2D eigenvalue weighted by Crippen LogP contribution is -2.50. The number of ketones is 1. The fourth-order valence-electron chi connectivity index (χ4n) is 3.52. The van der Waals surface area contributed by atoms with Crippen LogP contribution in [0.4, 0.5) is 0 Å². The maximum Gasteiger partial charge on any atom is 0.136 e. The quantitative estimate of drug-likeness (QED) is 0.516. The van der Waals surface area contributed by atoms with E-state index in [9.17, 15) is 4.79 Å². The van der Waals surface area contributed by atoms with Crippen LogP contribution in [0.15, 0.2) is 0 Å². The number of Topliss-reactive ketones (excluding diaryl/α,β-unsaturated/α-hetero) is 1. The second kappa shape index (κ2) is 1.88. The molecule has 4 rings (SSSR count). The van der Waals surface area contributed by atoms with Crippen LogP contribution in [0.5, 0.6) is 0 Å². The lowest BCUT2D eigenvalue weighted by molar-refractivity contribution is -0.143. The molecule has 0 amide bonds. The summed E-state index contributed by atoms with van der Waals surface area (Å²) in [5.41, 5.74) is 0. The number of fused-ring (bicyclic) bond motifs is 2. The molecule has 1 nitrogen and oxygen atoms in total. The molecule has 4 saturated carbocycles. The van der Waals surface area contributed by atoms with Crippen LogP contribution in [0.3, 0.4) is 0 Å². The molecular formula is C10H14O. The average Bonchev–Trinajstić information content (AvgIpc) is 1.89. The second-order valence-corrected chi connectivity index (χ2v) is 4.52. The highest BCUT2D eigenvalue weighted by molar-refractivity contribution is 5.83. The highest BCUT2D eigenvalue weighted by Crippen LogP contribution is 2.56. The SMILES string of the molecule is O=C1C[C@H]2CC[C@@H]1[C@@H]1CC[C@H]21. The van der Waals surface area contributed by atoms with Crippen LogP contribution in [0.1, 0.15) is 32.1 Å². The van der Waals surface area contributed by atoms with Crippen LogP contribution < -0.4 is 0 Å². The summed E-state index contributed by atoms with van der Waals surface area (Å²) in [4.78, 5) is 11.4. The van der Waals surface area contributed by atoms with Crippen molar-refractivity contribution in [2.45, 2.75) is 32.1 Å². The Morgan fingerprint density at radius 3 is 2.27 bits per heavy atom. The van der Waals surface area contributed by atoms with Gasteiger partial charge in [0, 0.05) is 12.3 Å². The Bertz CT molecular complexity index is 207. The normalized spacial score (nSPS) is 53.6. The van der Waals surface area contributed by atoms with E-state index in [0.29, 0.717) is 11.7 Å². The zero-order valence-electron chi connectivity index (χ0n) is 6.75. The Labute approximate surface area is 67.2 Å². The minimum Gasteiger partial charge on any atom is -0.299 e. The maximum absolute atomic E-state index is 11.4. The van der Waals surface area contributed by atoms with Crippen molar-refractivity contribution in [2.24, 2.45) is 23.7 Å². The van der Waals surface area contributed by atoms with Gasteiger partial charge < -0.3 is 0 Å². The third-order valence-electron chi connectivity index (χ3n) is 4.23. The Hall–Kier alpha value is -0.330. The number of rotatable bonds is 0. The van der Waals surface area contributed by atoms with E-state index in [2.05, 4.69) is 0 Å². The van der Waals surface area contributed by atoms with Gasteiger partial charge in [0.15, 0.2) is 0 Å². The summed E-state index contributed by atoms with van der Waals surface area (Å²) in [6, 6.07) is 0. The molecule has 0 radical (unpaired) electrons. The van der Waals surface area contributed by atoms with E-state index >= 15 is 0 Å². The number of carbonyl (C=O) groups is 1. The summed E-state index contributed by atoms with van der Waals surface area (Å²) >= 11 is 0. The largest absolute Gasteiger partial charge is 0.299 e. The summed E-state index contributed by atoms with van der Waals surface area (Å²) in [5, 5.41) is 0. The Morgan fingerprint density at radius 1 is 1.00 bits per heavy atom. The molecule has 0 spiro atoms. The van der Waals surface area contributed by atoms with E-state index in [0.717, 1.165) is 24.2 Å². The van der Waals surface area contributed by atoms with E-state index in [1.54, 1.807) is 0 Å². The Morgan fingerprint density at radius 2 is 1.82 bits per heavy atom. The summed E-state index contributed by atoms with van der Waals surface area (Å²) in [5.74, 6) is 3.74. The van der Waals surface area contributed by atoms with Gasteiger partial charge in [0.25, 0.3) is 0 Å². The van der Waals surface area contributed by atoms with Crippen molar-refractivity contribution in [3.8, 4) is 0 Å². The van der Waals surface area contributed by atoms with Crippen LogP contribution >= 0.6 is 0 Å². The van der Waals surface area contributed by atoms with E-state index in [4.69, 9.17) is 0 Å². The first-order valence-corrected chi connectivity index (χ1v) is 4.89. The van der Waals surface area contributed by atoms with Crippen molar-refractivity contribution >= 4 is 5.78 Å². The molecule has 0 aromatic carbocycles. The fourth-order valence-corrected chi connectivity index (χ4v) is 3.52. The van der Waals surface area contributed by atoms with Crippen molar-refractivity contribution in [3.05, 3.63) is 0 Å². The molecule has 11 heavy (non-hydrogen) atoms. The lowest BCUT2D eigenvalue weighted by atomic mass is 9.50. The maximum atomic E-state index is 11.4. The van der Waals surface area contributed by atoms with Crippen molar-refractivity contribution in [3.63, 3.8) is 0 Å². The molecule has 2 bridgehead atoms. The number of hydrogen-bond acceptors (Lipinski definition) is 1. The first kappa shape index (κ1) is 6.22. The third-order valence-corrected chi connectivity index (χ3v) is 4.23. The van der Waals surface area contributed by atoms with E-state index in [1.807, 2.05) is 0 Å². The molecule has 0 aromatic rings. The van der Waals surface area contributed by atoms with Gasteiger partial charge in [-0.15, -0.1) is 0 Å². The van der Waals surface area contributed by atoms with Gasteiger partial charge >= 0.3 is 0 Å². The van der Waals surface area contributed by atoms with E-state index in [1.165, 1.54) is 25.7 Å². The summed E-state index contributed by atoms with van der Waals surface area (Å²) in [6.45, 7) is 0. The molecule has 60 valence electrons. The molecule has 0 aliphatic heterocycles. The van der Waals surface area contributed by atoms with Gasteiger partial charge in [0.2, 0.25) is 0 Å². The van der Waals surface area contributed by atoms with Gasteiger partial charge in [-0.05, 0) is 43.4 Å². The molecule has 4 aliphatic rings. The van der Waals surface area contributed by atoms with Gasteiger partial charge in [-0.2, -0.15) is 0 Å². The van der Waals surface area contributed by atoms with Crippen LogP contribution in [0, 0.1) is 23.7 Å². The molecule has 0 unspecified atom stereocenters. The Balaban J connectivity index is 1.94. The van der Waals surface area contributed by atoms with Gasteiger partial charge in [-0.1, -0.05) is 0 Å².